The van der Waals surface area contributed by atoms with Gasteiger partial charge in [-0.3, -0.25) is 0 Å². The summed E-state index contributed by atoms with van der Waals surface area (Å²) >= 11 is 0. The van der Waals surface area contributed by atoms with Crippen molar-refractivity contribution in [1.29, 1.82) is 0 Å². The van der Waals surface area contributed by atoms with Gasteiger partial charge in [0.05, 0.1) is 0 Å². The topological polar surface area (TPSA) is 41.6 Å². The molecule has 0 saturated carbocycles. The van der Waals surface area contributed by atoms with Gasteiger partial charge in [-0.25, -0.2) is 4.79 Å². The number of amides is 1. The fraction of sp³-hybridized carbons (Fsp3) is 0.929. The fourth-order valence-corrected chi connectivity index (χ4v) is 2.05. The van der Waals surface area contributed by atoms with Crippen molar-refractivity contribution in [2.24, 2.45) is 5.92 Å². The number of rotatable bonds is 3. The lowest BCUT2D eigenvalue weighted by Gasteiger charge is -2.33. The molecule has 1 heterocycles. The van der Waals surface area contributed by atoms with Gasteiger partial charge in [-0.2, -0.15) is 0 Å². The van der Waals surface area contributed by atoms with Crippen molar-refractivity contribution in [3.05, 3.63) is 0 Å². The fourth-order valence-electron chi connectivity index (χ4n) is 2.05. The molecule has 0 aliphatic carbocycles. The molecule has 1 rings (SSSR count). The first-order chi connectivity index (χ1) is 8.28. The molecule has 4 nitrogen and oxygen atoms in total. The molecular weight excluding hydrogens is 228 g/mol. The highest BCUT2D eigenvalue weighted by Gasteiger charge is 2.26. The number of hydrogen-bond acceptors (Lipinski definition) is 3. The number of hydrogen-bond donors (Lipinski definition) is 1. The Balaban J connectivity index is 2.28. The Labute approximate surface area is 111 Å². The van der Waals surface area contributed by atoms with E-state index in [9.17, 15) is 4.79 Å². The van der Waals surface area contributed by atoms with Gasteiger partial charge in [-0.15, -0.1) is 0 Å². The van der Waals surface area contributed by atoms with Crippen molar-refractivity contribution in [1.82, 2.24) is 10.2 Å². The van der Waals surface area contributed by atoms with Gasteiger partial charge in [-0.05, 0) is 46.1 Å². The van der Waals surface area contributed by atoms with Gasteiger partial charge in [0.2, 0.25) is 0 Å². The molecule has 1 amide bonds. The Kier molecular flexibility index (Phi) is 5.45. The van der Waals surface area contributed by atoms with Gasteiger partial charge in [0.25, 0.3) is 0 Å². The number of carbonyl (C=O) groups is 1. The highest BCUT2D eigenvalue weighted by atomic mass is 16.6. The third-order valence-electron chi connectivity index (χ3n) is 3.08. The molecule has 0 atom stereocenters. The zero-order valence-corrected chi connectivity index (χ0v) is 12.5. The van der Waals surface area contributed by atoms with Crippen molar-refractivity contribution >= 4 is 6.09 Å². The van der Waals surface area contributed by atoms with Gasteiger partial charge < -0.3 is 15.0 Å². The molecule has 1 aliphatic rings. The molecule has 0 aromatic carbocycles. The highest BCUT2D eigenvalue weighted by Crippen LogP contribution is 2.19. The van der Waals surface area contributed by atoms with Crippen LogP contribution in [0.15, 0.2) is 0 Å². The second-order valence-electron chi connectivity index (χ2n) is 6.47. The summed E-state index contributed by atoms with van der Waals surface area (Å²) in [4.78, 5) is 13.7. The SMILES string of the molecule is CC(C)NCC1CCN(C(=O)OC(C)(C)C)CC1. The van der Waals surface area contributed by atoms with E-state index in [1.807, 2.05) is 25.7 Å². The van der Waals surface area contributed by atoms with Gasteiger partial charge in [0.15, 0.2) is 0 Å². The van der Waals surface area contributed by atoms with Gasteiger partial charge in [0.1, 0.15) is 5.60 Å². The largest absolute Gasteiger partial charge is 0.444 e. The van der Waals surface area contributed by atoms with E-state index in [0.717, 1.165) is 32.5 Å². The van der Waals surface area contributed by atoms with Crippen molar-refractivity contribution in [2.45, 2.75) is 59.1 Å². The number of nitrogens with zero attached hydrogens (tertiary/aromatic N) is 1. The number of ether oxygens (including phenoxy) is 1. The molecule has 0 unspecified atom stereocenters. The summed E-state index contributed by atoms with van der Waals surface area (Å²) in [6, 6.07) is 0.536. The molecule has 1 N–H and O–H groups in total. The maximum atomic E-state index is 11.9. The molecule has 1 aliphatic heterocycles. The number of carbonyl (C=O) groups excluding carboxylic acids is 1. The van der Waals surface area contributed by atoms with Crippen LogP contribution in [0.25, 0.3) is 0 Å². The first kappa shape index (κ1) is 15.3. The lowest BCUT2D eigenvalue weighted by molar-refractivity contribution is 0.0183. The second-order valence-corrected chi connectivity index (χ2v) is 6.47. The summed E-state index contributed by atoms with van der Waals surface area (Å²) in [5.41, 5.74) is -0.396. The van der Waals surface area contributed by atoms with E-state index in [0.29, 0.717) is 12.0 Å². The highest BCUT2D eigenvalue weighted by molar-refractivity contribution is 5.68. The Morgan fingerprint density at radius 2 is 1.89 bits per heavy atom. The third kappa shape index (κ3) is 5.71. The first-order valence-electron chi connectivity index (χ1n) is 6.99. The summed E-state index contributed by atoms with van der Waals surface area (Å²) in [6.07, 6.45) is 1.97. The smallest absolute Gasteiger partial charge is 0.410 e. The minimum absolute atomic E-state index is 0.169. The van der Waals surface area contributed by atoms with Crippen molar-refractivity contribution in [3.8, 4) is 0 Å². The Morgan fingerprint density at radius 3 is 2.33 bits per heavy atom. The maximum Gasteiger partial charge on any atom is 0.410 e. The molecular formula is C14H28N2O2. The average molecular weight is 256 g/mol. The van der Waals surface area contributed by atoms with E-state index in [-0.39, 0.29) is 6.09 Å². The van der Waals surface area contributed by atoms with Gasteiger partial charge >= 0.3 is 6.09 Å². The monoisotopic (exact) mass is 256 g/mol. The Bertz CT molecular complexity index is 263. The van der Waals surface area contributed by atoms with E-state index in [2.05, 4.69) is 19.2 Å². The van der Waals surface area contributed by atoms with Crippen LogP contribution >= 0.6 is 0 Å². The van der Waals surface area contributed by atoms with E-state index < -0.39 is 5.60 Å². The average Bonchev–Trinajstić information content (AvgIpc) is 2.24. The second kappa shape index (κ2) is 6.41. The van der Waals surface area contributed by atoms with Gasteiger partial charge in [0, 0.05) is 19.1 Å². The summed E-state index contributed by atoms with van der Waals surface area (Å²) in [5, 5.41) is 3.46. The standard InChI is InChI=1S/C14H28N2O2/c1-11(2)15-10-12-6-8-16(9-7-12)13(17)18-14(3,4)5/h11-12,15H,6-10H2,1-5H3. The van der Waals surface area contributed by atoms with Gasteiger partial charge in [-0.1, -0.05) is 13.8 Å². The minimum Gasteiger partial charge on any atom is -0.444 e. The lowest BCUT2D eigenvalue weighted by Crippen LogP contribution is -2.43. The van der Waals surface area contributed by atoms with Crippen LogP contribution < -0.4 is 5.32 Å². The van der Waals surface area contributed by atoms with Crippen LogP contribution in [-0.4, -0.2) is 42.3 Å². The van der Waals surface area contributed by atoms with Crippen molar-refractivity contribution in [3.63, 3.8) is 0 Å². The van der Waals surface area contributed by atoms with Crippen LogP contribution in [0.4, 0.5) is 4.79 Å². The number of piperidine rings is 1. The molecule has 0 bridgehead atoms. The van der Waals surface area contributed by atoms with Crippen LogP contribution in [-0.2, 0) is 4.74 Å². The first-order valence-corrected chi connectivity index (χ1v) is 6.99. The Hall–Kier alpha value is -0.770. The number of nitrogens with one attached hydrogen (secondary N) is 1. The molecule has 4 heteroatoms. The molecule has 0 spiro atoms. The van der Waals surface area contributed by atoms with Crippen LogP contribution in [0.2, 0.25) is 0 Å². The van der Waals surface area contributed by atoms with Crippen molar-refractivity contribution in [2.75, 3.05) is 19.6 Å². The lowest BCUT2D eigenvalue weighted by atomic mass is 9.97. The van der Waals surface area contributed by atoms with E-state index in [4.69, 9.17) is 4.74 Å². The predicted molar refractivity (Wildman–Crippen MR) is 73.7 cm³/mol. The normalized spacial score (nSPS) is 18.2. The predicted octanol–water partition coefficient (Wildman–Crippen LogP) is 2.63. The molecule has 0 aromatic heterocycles. The summed E-state index contributed by atoms with van der Waals surface area (Å²) in [6.45, 7) is 12.7. The van der Waals surface area contributed by atoms with Crippen LogP contribution in [0.5, 0.6) is 0 Å². The van der Waals surface area contributed by atoms with E-state index in [1.54, 1.807) is 0 Å². The zero-order chi connectivity index (χ0) is 13.8. The zero-order valence-electron chi connectivity index (χ0n) is 12.5. The molecule has 1 saturated heterocycles. The quantitative estimate of drug-likeness (QED) is 0.844. The minimum atomic E-state index is -0.396. The molecule has 0 aromatic rings. The molecule has 0 radical (unpaired) electrons. The molecule has 1 fully saturated rings. The summed E-state index contributed by atoms with van der Waals surface area (Å²) < 4.78 is 5.38. The third-order valence-corrected chi connectivity index (χ3v) is 3.08. The van der Waals surface area contributed by atoms with Crippen LogP contribution in [0.3, 0.4) is 0 Å². The molecule has 106 valence electrons. The van der Waals surface area contributed by atoms with Crippen LogP contribution in [0.1, 0.15) is 47.5 Å². The Morgan fingerprint density at radius 1 is 1.33 bits per heavy atom. The van der Waals surface area contributed by atoms with Crippen molar-refractivity contribution < 1.29 is 9.53 Å². The maximum absolute atomic E-state index is 11.9. The summed E-state index contributed by atoms with van der Waals surface area (Å²) in [7, 11) is 0. The number of likely N-dealkylation sites (tertiary alicyclic amines) is 1. The van der Waals surface area contributed by atoms with Crippen LogP contribution in [0, 0.1) is 5.92 Å². The van der Waals surface area contributed by atoms with E-state index >= 15 is 0 Å². The summed E-state index contributed by atoms with van der Waals surface area (Å²) in [5.74, 6) is 0.686. The van der Waals surface area contributed by atoms with E-state index in [1.165, 1.54) is 0 Å². The molecule has 18 heavy (non-hydrogen) atoms.